The Labute approximate surface area is 234 Å². The molecule has 2 saturated heterocycles. The van der Waals surface area contributed by atoms with Crippen LogP contribution in [0.3, 0.4) is 0 Å². The predicted octanol–water partition coefficient (Wildman–Crippen LogP) is 2.96. The monoisotopic (exact) mass is 564 g/mol. The second-order valence-corrected chi connectivity index (χ2v) is 11.9. The number of fused-ring (bicyclic) bond motifs is 1. The highest BCUT2D eigenvalue weighted by Crippen LogP contribution is 2.66. The van der Waals surface area contributed by atoms with Gasteiger partial charge in [0.1, 0.15) is 24.4 Å². The fraction of sp³-hybridized carbons (Fsp3) is 0.759. The number of hydrogen-bond acceptors (Lipinski definition) is 11. The molecule has 0 aromatic carbocycles. The van der Waals surface area contributed by atoms with Gasteiger partial charge in [0.2, 0.25) is 0 Å². The summed E-state index contributed by atoms with van der Waals surface area (Å²) in [5.74, 6) is -4.00. The van der Waals surface area contributed by atoms with Crippen LogP contribution in [0, 0.1) is 17.3 Å². The van der Waals surface area contributed by atoms with Crippen LogP contribution in [-0.2, 0) is 52.4 Å². The largest absolute Gasteiger partial charge is 0.462 e. The van der Waals surface area contributed by atoms with Gasteiger partial charge in [-0.1, -0.05) is 26.3 Å². The van der Waals surface area contributed by atoms with E-state index in [2.05, 4.69) is 0 Å². The summed E-state index contributed by atoms with van der Waals surface area (Å²) in [4.78, 5) is 63.2. The minimum atomic E-state index is -1.41. The summed E-state index contributed by atoms with van der Waals surface area (Å²) in [6, 6.07) is 0. The summed E-state index contributed by atoms with van der Waals surface area (Å²) in [6.07, 6.45) is -1.49. The quantitative estimate of drug-likeness (QED) is 0.210. The van der Waals surface area contributed by atoms with Crippen LogP contribution in [0.1, 0.15) is 81.1 Å². The third-order valence-corrected chi connectivity index (χ3v) is 9.29. The molecular weight excluding hydrogens is 524 g/mol. The molecule has 2 aliphatic carbocycles. The van der Waals surface area contributed by atoms with Crippen molar-refractivity contribution in [2.24, 2.45) is 17.3 Å². The van der Waals surface area contributed by atoms with Gasteiger partial charge in [-0.15, -0.1) is 0 Å². The average Bonchev–Trinajstić information content (AvgIpc) is 3.44. The van der Waals surface area contributed by atoms with Gasteiger partial charge in [-0.2, -0.15) is 0 Å². The predicted molar refractivity (Wildman–Crippen MR) is 137 cm³/mol. The van der Waals surface area contributed by atoms with Gasteiger partial charge in [0.15, 0.2) is 17.3 Å². The van der Waals surface area contributed by atoms with Gasteiger partial charge in [-0.3, -0.25) is 19.2 Å². The minimum absolute atomic E-state index is 0.131. The molecule has 0 N–H and O–H groups in total. The highest BCUT2D eigenvalue weighted by Gasteiger charge is 2.87. The van der Waals surface area contributed by atoms with E-state index in [1.807, 2.05) is 20.8 Å². The Balaban J connectivity index is 2.00. The Hall–Kier alpha value is -2.95. The van der Waals surface area contributed by atoms with E-state index < -0.39 is 88.8 Å². The SMILES string of the molecule is CCC(=O)OC1CC(OC(C)=O)C2(C)C(OC(C)=O)CCC(C)=CC3OC(=O)C4(C)OC34C(OC(C)=O)C2C1C. The molecule has 11 nitrogen and oxygen atoms in total. The Morgan fingerprint density at radius 1 is 0.975 bits per heavy atom. The first-order valence-corrected chi connectivity index (χ1v) is 13.9. The lowest BCUT2D eigenvalue weighted by molar-refractivity contribution is -0.235. The maximum Gasteiger partial charge on any atom is 0.342 e. The van der Waals surface area contributed by atoms with E-state index >= 15 is 0 Å². The molecule has 3 fully saturated rings. The Morgan fingerprint density at radius 2 is 1.57 bits per heavy atom. The minimum Gasteiger partial charge on any atom is -0.462 e. The Kier molecular flexibility index (Phi) is 7.85. The lowest BCUT2D eigenvalue weighted by Gasteiger charge is -2.57. The van der Waals surface area contributed by atoms with Crippen molar-refractivity contribution in [1.82, 2.24) is 0 Å². The molecule has 0 amide bonds. The van der Waals surface area contributed by atoms with E-state index in [0.29, 0.717) is 12.8 Å². The summed E-state index contributed by atoms with van der Waals surface area (Å²) < 4.78 is 35.8. The molecule has 4 aliphatic rings. The van der Waals surface area contributed by atoms with Crippen molar-refractivity contribution in [1.29, 1.82) is 0 Å². The molecule has 1 spiro atoms. The molecule has 0 bridgehead atoms. The van der Waals surface area contributed by atoms with Crippen LogP contribution in [-0.4, -0.2) is 71.6 Å². The van der Waals surface area contributed by atoms with Crippen LogP contribution >= 0.6 is 0 Å². The maximum atomic E-state index is 13.1. The number of epoxide rings is 1. The third-order valence-electron chi connectivity index (χ3n) is 9.29. The van der Waals surface area contributed by atoms with Gasteiger partial charge in [-0.05, 0) is 32.8 Å². The van der Waals surface area contributed by atoms with Crippen molar-refractivity contribution in [3.05, 3.63) is 11.6 Å². The van der Waals surface area contributed by atoms with Crippen molar-refractivity contribution >= 4 is 29.8 Å². The van der Waals surface area contributed by atoms with E-state index in [9.17, 15) is 24.0 Å². The zero-order chi connectivity index (χ0) is 29.8. The lowest BCUT2D eigenvalue weighted by Crippen LogP contribution is -2.66. The molecule has 0 aromatic heterocycles. The third kappa shape index (κ3) is 4.69. The second-order valence-electron chi connectivity index (χ2n) is 11.9. The molecule has 0 radical (unpaired) electrons. The molecule has 1 saturated carbocycles. The van der Waals surface area contributed by atoms with Gasteiger partial charge in [0.25, 0.3) is 0 Å². The molecule has 2 heterocycles. The van der Waals surface area contributed by atoms with Crippen LogP contribution in [0.2, 0.25) is 0 Å². The molecule has 2 aliphatic heterocycles. The normalized spacial score (nSPS) is 42.0. The summed E-state index contributed by atoms with van der Waals surface area (Å²) in [6.45, 7) is 12.7. The van der Waals surface area contributed by atoms with Crippen LogP contribution < -0.4 is 0 Å². The number of ether oxygens (including phenoxy) is 6. The standard InChI is InChI=1S/C29H40O11/c1-9-23(33)38-19-13-21(36-17(5)31)27(7)20(35-16(4)30)11-10-14(2)12-22-29(28(8,40-29)26(34)39-22)25(37-18(6)32)24(27)15(19)3/h12,15,19-22,24-25H,9-11,13H2,1-8H3. The first-order chi connectivity index (χ1) is 18.6. The fourth-order valence-corrected chi connectivity index (χ4v) is 7.31. The van der Waals surface area contributed by atoms with Crippen molar-refractivity contribution in [2.45, 2.75) is 123 Å². The van der Waals surface area contributed by atoms with E-state index in [0.717, 1.165) is 5.57 Å². The van der Waals surface area contributed by atoms with E-state index in [4.69, 9.17) is 28.4 Å². The highest BCUT2D eigenvalue weighted by molar-refractivity contribution is 5.89. The number of esters is 5. The molecule has 10 unspecified atom stereocenters. The van der Waals surface area contributed by atoms with Crippen LogP contribution in [0.15, 0.2) is 11.6 Å². The summed E-state index contributed by atoms with van der Waals surface area (Å²) >= 11 is 0. The molecule has 4 rings (SSSR count). The zero-order valence-corrected chi connectivity index (χ0v) is 24.4. The molecule has 0 aromatic rings. The summed E-state index contributed by atoms with van der Waals surface area (Å²) in [5.41, 5.74) is -3.09. The number of allylic oxidation sites excluding steroid dienone is 1. The fourth-order valence-electron chi connectivity index (χ4n) is 7.31. The Morgan fingerprint density at radius 3 is 2.12 bits per heavy atom. The molecule has 11 heteroatoms. The van der Waals surface area contributed by atoms with Crippen molar-refractivity contribution in [3.8, 4) is 0 Å². The first-order valence-electron chi connectivity index (χ1n) is 13.9. The molecule has 222 valence electrons. The average molecular weight is 565 g/mol. The Bertz CT molecular complexity index is 1130. The first kappa shape index (κ1) is 30.0. The van der Waals surface area contributed by atoms with Gasteiger partial charge < -0.3 is 28.4 Å². The topological polar surface area (TPSA) is 144 Å². The zero-order valence-electron chi connectivity index (χ0n) is 24.4. The second kappa shape index (κ2) is 10.5. The lowest BCUT2D eigenvalue weighted by atomic mass is 9.53. The van der Waals surface area contributed by atoms with Gasteiger partial charge in [0.05, 0.1) is 0 Å². The van der Waals surface area contributed by atoms with E-state index in [-0.39, 0.29) is 12.8 Å². The van der Waals surface area contributed by atoms with Crippen LogP contribution in [0.5, 0.6) is 0 Å². The van der Waals surface area contributed by atoms with E-state index in [1.165, 1.54) is 20.8 Å². The van der Waals surface area contributed by atoms with Gasteiger partial charge in [-0.25, -0.2) is 4.79 Å². The van der Waals surface area contributed by atoms with E-state index in [1.54, 1.807) is 19.9 Å². The van der Waals surface area contributed by atoms with Crippen LogP contribution in [0.25, 0.3) is 0 Å². The number of rotatable bonds is 5. The number of carbonyl (C=O) groups is 5. The molecule has 10 atom stereocenters. The van der Waals surface area contributed by atoms with Crippen molar-refractivity contribution in [2.75, 3.05) is 0 Å². The summed E-state index contributed by atoms with van der Waals surface area (Å²) in [7, 11) is 0. The number of hydrogen-bond donors (Lipinski definition) is 0. The summed E-state index contributed by atoms with van der Waals surface area (Å²) in [5, 5.41) is 0. The molecular formula is C29H40O11. The maximum absolute atomic E-state index is 13.1. The highest BCUT2D eigenvalue weighted by atomic mass is 16.7. The van der Waals surface area contributed by atoms with Crippen molar-refractivity contribution < 1.29 is 52.4 Å². The molecule has 40 heavy (non-hydrogen) atoms. The van der Waals surface area contributed by atoms with Gasteiger partial charge in [0, 0.05) is 50.9 Å². The van der Waals surface area contributed by atoms with Crippen LogP contribution in [0.4, 0.5) is 0 Å². The van der Waals surface area contributed by atoms with Gasteiger partial charge >= 0.3 is 29.8 Å². The number of carbonyl (C=O) groups excluding carboxylic acids is 5. The van der Waals surface area contributed by atoms with Crippen molar-refractivity contribution in [3.63, 3.8) is 0 Å². The smallest absolute Gasteiger partial charge is 0.342 e.